The van der Waals surface area contributed by atoms with E-state index >= 15 is 0 Å². The van der Waals surface area contributed by atoms with E-state index in [0.29, 0.717) is 11.3 Å². The van der Waals surface area contributed by atoms with E-state index in [9.17, 15) is 9.90 Å². The molecule has 5 rings (SSSR count). The van der Waals surface area contributed by atoms with Crippen molar-refractivity contribution in [3.63, 3.8) is 0 Å². The quantitative estimate of drug-likeness (QED) is 0.280. The van der Waals surface area contributed by atoms with Crippen molar-refractivity contribution in [2.75, 3.05) is 25.5 Å². The van der Waals surface area contributed by atoms with Gasteiger partial charge in [0.25, 0.3) is 5.91 Å². The second-order valence-electron chi connectivity index (χ2n) is 10.5. The third-order valence-electron chi connectivity index (χ3n) is 7.46. The minimum absolute atomic E-state index is 0.000453. The Hall–Kier alpha value is -3.95. The number of amides is 1. The molecule has 2 aromatic carbocycles. The van der Waals surface area contributed by atoms with Crippen LogP contribution in [0.3, 0.4) is 0 Å². The molecule has 1 fully saturated rings. The number of ether oxygens (including phenoxy) is 2. The average Bonchev–Trinajstić information content (AvgIpc) is 3.02. The van der Waals surface area contributed by atoms with E-state index in [0.717, 1.165) is 41.9 Å². The molecule has 4 aromatic rings. The van der Waals surface area contributed by atoms with Gasteiger partial charge in [0, 0.05) is 61.0 Å². The summed E-state index contributed by atoms with van der Waals surface area (Å²) in [6.45, 7) is 3.75. The molecule has 3 heterocycles. The van der Waals surface area contributed by atoms with Crippen molar-refractivity contribution in [1.29, 1.82) is 0 Å². The second-order valence-corrected chi connectivity index (χ2v) is 10.5. The highest BCUT2D eigenvalue weighted by molar-refractivity contribution is 6.04. The van der Waals surface area contributed by atoms with Crippen LogP contribution >= 0.6 is 0 Å². The zero-order valence-electron chi connectivity index (χ0n) is 23.4. The Labute approximate surface area is 241 Å². The molecule has 212 valence electrons. The smallest absolute Gasteiger partial charge is 0.257 e. The van der Waals surface area contributed by atoms with Crippen LogP contribution in [-0.4, -0.2) is 52.1 Å². The Morgan fingerprint density at radius 1 is 0.951 bits per heavy atom. The lowest BCUT2D eigenvalue weighted by molar-refractivity contribution is -0.275. The van der Waals surface area contributed by atoms with E-state index < -0.39 is 6.29 Å². The maximum Gasteiger partial charge on any atom is 0.257 e. The van der Waals surface area contributed by atoms with Crippen molar-refractivity contribution >= 4 is 11.6 Å². The first-order chi connectivity index (χ1) is 20.0. The zero-order chi connectivity index (χ0) is 28.6. The summed E-state index contributed by atoms with van der Waals surface area (Å²) < 4.78 is 13.1. The summed E-state index contributed by atoms with van der Waals surface area (Å²) in [5.74, 6) is -0.133. The number of likely N-dealkylation sites (N-methyl/N-ethyl adjacent to an activating group) is 1. The number of aliphatic hydroxyl groups is 1. The number of benzene rings is 2. The van der Waals surface area contributed by atoms with E-state index in [-0.39, 0.29) is 30.6 Å². The first-order valence-corrected chi connectivity index (χ1v) is 13.9. The predicted molar refractivity (Wildman–Crippen MR) is 157 cm³/mol. The molecule has 0 radical (unpaired) electrons. The average molecular weight is 553 g/mol. The molecule has 2 aromatic heterocycles. The van der Waals surface area contributed by atoms with Crippen LogP contribution in [0.15, 0.2) is 97.5 Å². The van der Waals surface area contributed by atoms with Crippen LogP contribution < -0.4 is 5.32 Å². The van der Waals surface area contributed by atoms with Gasteiger partial charge >= 0.3 is 0 Å². The number of aliphatic hydroxyl groups excluding tert-OH is 1. The molecule has 4 atom stereocenters. The molecule has 1 saturated heterocycles. The van der Waals surface area contributed by atoms with Gasteiger partial charge in [0.05, 0.1) is 24.4 Å². The van der Waals surface area contributed by atoms with Gasteiger partial charge in [-0.2, -0.15) is 0 Å². The summed E-state index contributed by atoms with van der Waals surface area (Å²) in [6, 6.07) is 24.9. The fraction of sp³-hybridized carbons (Fsp3) is 0.303. The van der Waals surface area contributed by atoms with E-state index in [1.54, 1.807) is 18.3 Å². The highest BCUT2D eigenvalue weighted by atomic mass is 16.7. The Morgan fingerprint density at radius 3 is 2.41 bits per heavy atom. The fourth-order valence-electron chi connectivity index (χ4n) is 5.00. The third-order valence-corrected chi connectivity index (χ3v) is 7.46. The molecule has 1 aliphatic heterocycles. The molecule has 2 N–H and O–H groups in total. The van der Waals surface area contributed by atoms with Crippen molar-refractivity contribution in [3.8, 4) is 0 Å². The number of nitrogens with one attached hydrogen (secondary N) is 1. The Morgan fingerprint density at radius 2 is 1.73 bits per heavy atom. The van der Waals surface area contributed by atoms with Crippen molar-refractivity contribution in [1.82, 2.24) is 14.9 Å². The van der Waals surface area contributed by atoms with Gasteiger partial charge in [0.15, 0.2) is 6.29 Å². The molecule has 0 aliphatic carbocycles. The first kappa shape index (κ1) is 28.6. The minimum Gasteiger partial charge on any atom is -0.392 e. The Kier molecular flexibility index (Phi) is 9.48. The predicted octanol–water partition coefficient (Wildman–Crippen LogP) is 5.19. The van der Waals surface area contributed by atoms with Crippen LogP contribution in [0.4, 0.5) is 5.69 Å². The number of carbonyl (C=O) groups is 1. The molecule has 8 nitrogen and oxygen atoms in total. The van der Waals surface area contributed by atoms with Gasteiger partial charge in [-0.25, -0.2) is 0 Å². The molecule has 0 spiro atoms. The highest BCUT2D eigenvalue weighted by Gasteiger charge is 2.38. The normalized spacial score (nSPS) is 20.6. The fourth-order valence-corrected chi connectivity index (χ4v) is 5.00. The molecule has 8 heteroatoms. The molecule has 1 aliphatic rings. The molecule has 1 amide bonds. The third kappa shape index (κ3) is 7.42. The number of anilines is 1. The lowest BCUT2D eigenvalue weighted by Gasteiger charge is -2.42. The van der Waals surface area contributed by atoms with Crippen molar-refractivity contribution in [2.45, 2.75) is 38.4 Å². The van der Waals surface area contributed by atoms with Crippen LogP contribution in [0, 0.1) is 5.92 Å². The number of nitrogens with zero attached hydrogens (tertiary/aromatic N) is 3. The van der Waals surface area contributed by atoms with E-state index in [1.807, 2.05) is 72.9 Å². The van der Waals surface area contributed by atoms with Crippen molar-refractivity contribution in [3.05, 3.63) is 125 Å². The second kappa shape index (κ2) is 13.6. The molecular weight excluding hydrogens is 516 g/mol. The van der Waals surface area contributed by atoms with Crippen LogP contribution in [0.2, 0.25) is 0 Å². The van der Waals surface area contributed by atoms with Gasteiger partial charge in [-0.05, 0) is 54.6 Å². The lowest BCUT2D eigenvalue weighted by atomic mass is 9.90. The minimum atomic E-state index is -0.578. The number of hydrogen-bond donors (Lipinski definition) is 2. The van der Waals surface area contributed by atoms with E-state index in [2.05, 4.69) is 34.2 Å². The zero-order valence-corrected chi connectivity index (χ0v) is 23.4. The Balaban J connectivity index is 1.31. The van der Waals surface area contributed by atoms with Crippen LogP contribution in [0.25, 0.3) is 0 Å². The molecular formula is C33H36N4O4. The van der Waals surface area contributed by atoms with Crippen molar-refractivity contribution < 1.29 is 19.4 Å². The molecule has 4 unspecified atom stereocenters. The number of rotatable bonds is 10. The molecule has 0 saturated carbocycles. The summed E-state index contributed by atoms with van der Waals surface area (Å²) >= 11 is 0. The maximum absolute atomic E-state index is 12.5. The standard InChI is InChI=1S/C33H36N4O4/c1-23-30(21-37(2)19-16-28-7-3-4-18-35-28)40-33(41-31(23)25-10-8-24(22-38)9-11-25)26-12-14-29(15-13-26)36-32(39)27-6-5-17-34-20-27/h3-15,17-18,20,23,30-31,33,38H,16,19,21-22H2,1-2H3,(H,36,39). The van der Waals surface area contributed by atoms with Gasteiger partial charge < -0.3 is 24.8 Å². The van der Waals surface area contributed by atoms with Gasteiger partial charge in [0.2, 0.25) is 0 Å². The van der Waals surface area contributed by atoms with Gasteiger partial charge in [-0.3, -0.25) is 14.8 Å². The van der Waals surface area contributed by atoms with E-state index in [1.165, 1.54) is 6.20 Å². The van der Waals surface area contributed by atoms with Crippen LogP contribution in [-0.2, 0) is 22.5 Å². The van der Waals surface area contributed by atoms with Crippen LogP contribution in [0.5, 0.6) is 0 Å². The first-order valence-electron chi connectivity index (χ1n) is 13.9. The topological polar surface area (TPSA) is 96.8 Å². The summed E-state index contributed by atoms with van der Waals surface area (Å²) in [6.07, 6.45) is 5.00. The summed E-state index contributed by atoms with van der Waals surface area (Å²) in [5, 5.41) is 12.4. The summed E-state index contributed by atoms with van der Waals surface area (Å²) in [7, 11) is 2.11. The number of carbonyl (C=O) groups excluding carboxylic acids is 1. The van der Waals surface area contributed by atoms with Gasteiger partial charge in [0.1, 0.15) is 0 Å². The lowest BCUT2D eigenvalue weighted by Crippen LogP contribution is -2.43. The molecule has 41 heavy (non-hydrogen) atoms. The van der Waals surface area contributed by atoms with Gasteiger partial charge in [-0.1, -0.05) is 49.4 Å². The summed E-state index contributed by atoms with van der Waals surface area (Å²) in [4.78, 5) is 23.3. The SMILES string of the molecule is CC1C(CN(C)CCc2ccccn2)OC(c2ccc(NC(=O)c3cccnc3)cc2)OC1c1ccc(CO)cc1. The number of aromatic nitrogens is 2. The molecule has 0 bridgehead atoms. The van der Waals surface area contributed by atoms with Crippen molar-refractivity contribution in [2.24, 2.45) is 5.92 Å². The number of pyridine rings is 2. The summed E-state index contributed by atoms with van der Waals surface area (Å²) in [5.41, 5.74) is 5.01. The number of hydrogen-bond acceptors (Lipinski definition) is 7. The van der Waals surface area contributed by atoms with Crippen LogP contribution in [0.1, 0.15) is 52.1 Å². The maximum atomic E-state index is 12.5. The van der Waals surface area contributed by atoms with E-state index in [4.69, 9.17) is 9.47 Å². The largest absolute Gasteiger partial charge is 0.392 e. The Bertz CT molecular complexity index is 1380. The highest BCUT2D eigenvalue weighted by Crippen LogP contribution is 2.42. The monoisotopic (exact) mass is 552 g/mol. The van der Waals surface area contributed by atoms with Gasteiger partial charge in [-0.15, -0.1) is 0 Å².